The van der Waals surface area contributed by atoms with Crippen LogP contribution in [-0.4, -0.2) is 56.6 Å². The van der Waals surface area contributed by atoms with Crippen molar-refractivity contribution in [2.45, 2.75) is 52.2 Å². The molecule has 1 heterocycles. The summed E-state index contributed by atoms with van der Waals surface area (Å²) in [7, 11) is 0. The molecular weight excluding hydrogens is 338 g/mol. The second-order valence-corrected chi connectivity index (χ2v) is 8.30. The van der Waals surface area contributed by atoms with Gasteiger partial charge in [0.05, 0.1) is 25.4 Å². The van der Waals surface area contributed by atoms with Gasteiger partial charge in [-0.2, -0.15) is 0 Å². The number of hydrogen-bond donors (Lipinski definition) is 0. The van der Waals surface area contributed by atoms with Gasteiger partial charge in [0.15, 0.2) is 0 Å². The van der Waals surface area contributed by atoms with Crippen LogP contribution in [0, 0.1) is 0 Å². The van der Waals surface area contributed by atoms with Crippen LogP contribution in [0.25, 0.3) is 0 Å². The molecule has 1 aliphatic rings. The Morgan fingerprint density at radius 1 is 1.12 bits per heavy atom. The summed E-state index contributed by atoms with van der Waals surface area (Å²) < 4.78 is 17.4. The van der Waals surface area contributed by atoms with Gasteiger partial charge in [0.25, 0.3) is 0 Å². The molecule has 4 nitrogen and oxygen atoms in total. The summed E-state index contributed by atoms with van der Waals surface area (Å²) in [5.41, 5.74) is 1.11. The van der Waals surface area contributed by atoms with Crippen molar-refractivity contribution in [2.75, 3.05) is 39.5 Å². The minimum Gasteiger partial charge on any atom is -0.491 e. The highest BCUT2D eigenvalue weighted by Crippen LogP contribution is 2.33. The molecule has 2 atom stereocenters. The third-order valence-electron chi connectivity index (χ3n) is 4.28. The first-order chi connectivity index (χ1) is 11.8. The van der Waals surface area contributed by atoms with Crippen LogP contribution in [0.15, 0.2) is 18.2 Å². The largest absolute Gasteiger partial charge is 0.491 e. The standard InChI is InChI=1S/C20H32ClNO3/c1-15-13-22(14-16(2)25-15)8-9-23-10-11-24-19-7-6-17(21)12-18(19)20(3,4)5/h6-7,12,15-16H,8-11,13-14H2,1-5H3/t15-,16+. The van der Waals surface area contributed by atoms with E-state index in [1.807, 2.05) is 18.2 Å². The lowest BCUT2D eigenvalue weighted by atomic mass is 9.86. The Balaban J connectivity index is 1.70. The van der Waals surface area contributed by atoms with E-state index in [4.69, 9.17) is 25.8 Å². The normalized spacial score (nSPS) is 22.2. The van der Waals surface area contributed by atoms with Gasteiger partial charge in [-0.05, 0) is 37.5 Å². The molecule has 1 aliphatic heterocycles. The van der Waals surface area contributed by atoms with Crippen LogP contribution < -0.4 is 4.74 Å². The van der Waals surface area contributed by atoms with E-state index in [-0.39, 0.29) is 5.41 Å². The molecule has 0 bridgehead atoms. The minimum absolute atomic E-state index is 0.00912. The summed E-state index contributed by atoms with van der Waals surface area (Å²) in [6, 6.07) is 5.80. The summed E-state index contributed by atoms with van der Waals surface area (Å²) in [6.45, 7) is 15.5. The molecule has 1 fully saturated rings. The van der Waals surface area contributed by atoms with Crippen LogP contribution >= 0.6 is 11.6 Å². The molecule has 0 unspecified atom stereocenters. The average molecular weight is 370 g/mol. The lowest BCUT2D eigenvalue weighted by Gasteiger charge is -2.35. The van der Waals surface area contributed by atoms with Crippen molar-refractivity contribution in [1.29, 1.82) is 0 Å². The Morgan fingerprint density at radius 2 is 1.80 bits per heavy atom. The molecule has 2 rings (SSSR count). The zero-order valence-electron chi connectivity index (χ0n) is 16.2. The summed E-state index contributed by atoms with van der Waals surface area (Å²) in [5, 5.41) is 0.738. The van der Waals surface area contributed by atoms with E-state index in [1.54, 1.807) is 0 Å². The molecule has 0 amide bonds. The fourth-order valence-electron chi connectivity index (χ4n) is 3.19. The van der Waals surface area contributed by atoms with Gasteiger partial charge >= 0.3 is 0 Å². The van der Waals surface area contributed by atoms with Gasteiger partial charge in [-0.3, -0.25) is 4.90 Å². The van der Waals surface area contributed by atoms with Crippen LogP contribution in [0.3, 0.4) is 0 Å². The number of ether oxygens (including phenoxy) is 3. The smallest absolute Gasteiger partial charge is 0.123 e. The van der Waals surface area contributed by atoms with Gasteiger partial charge in [0, 0.05) is 30.2 Å². The second kappa shape index (κ2) is 9.22. The molecule has 5 heteroatoms. The summed E-state index contributed by atoms with van der Waals surface area (Å²) >= 11 is 6.13. The number of halogens is 1. The van der Waals surface area contributed by atoms with E-state index in [2.05, 4.69) is 39.5 Å². The summed E-state index contributed by atoms with van der Waals surface area (Å²) in [5.74, 6) is 0.885. The maximum Gasteiger partial charge on any atom is 0.123 e. The van der Waals surface area contributed by atoms with Crippen LogP contribution in [0.4, 0.5) is 0 Å². The predicted octanol–water partition coefficient (Wildman–Crippen LogP) is 4.14. The van der Waals surface area contributed by atoms with Crippen LogP contribution in [0.1, 0.15) is 40.2 Å². The Bertz CT molecular complexity index is 534. The summed E-state index contributed by atoms with van der Waals surface area (Å²) in [4.78, 5) is 2.40. The minimum atomic E-state index is -0.00912. The van der Waals surface area contributed by atoms with Crippen molar-refractivity contribution < 1.29 is 14.2 Å². The Labute approximate surface area is 157 Å². The van der Waals surface area contributed by atoms with Gasteiger partial charge in [-0.1, -0.05) is 32.4 Å². The van der Waals surface area contributed by atoms with Crippen LogP contribution in [0.2, 0.25) is 5.02 Å². The molecule has 0 N–H and O–H groups in total. The average Bonchev–Trinajstić information content (AvgIpc) is 2.50. The number of hydrogen-bond acceptors (Lipinski definition) is 4. The SMILES string of the molecule is C[C@@H]1CN(CCOCCOc2ccc(Cl)cc2C(C)(C)C)C[C@H](C)O1. The highest BCUT2D eigenvalue weighted by Gasteiger charge is 2.22. The molecule has 0 aliphatic carbocycles. The van der Waals surface area contributed by atoms with Crippen LogP contribution in [0.5, 0.6) is 5.75 Å². The molecule has 142 valence electrons. The van der Waals surface area contributed by atoms with E-state index >= 15 is 0 Å². The molecule has 0 radical (unpaired) electrons. The lowest BCUT2D eigenvalue weighted by Crippen LogP contribution is -2.46. The fraction of sp³-hybridized carbons (Fsp3) is 0.700. The van der Waals surface area contributed by atoms with Gasteiger partial charge < -0.3 is 14.2 Å². The van der Waals surface area contributed by atoms with Crippen molar-refractivity contribution in [3.63, 3.8) is 0 Å². The summed E-state index contributed by atoms with van der Waals surface area (Å²) in [6.07, 6.45) is 0.598. The molecule has 0 saturated carbocycles. The monoisotopic (exact) mass is 369 g/mol. The third kappa shape index (κ3) is 6.78. The van der Waals surface area contributed by atoms with Crippen LogP contribution in [-0.2, 0) is 14.9 Å². The van der Waals surface area contributed by atoms with Gasteiger partial charge in [0.2, 0.25) is 0 Å². The predicted molar refractivity (Wildman–Crippen MR) is 103 cm³/mol. The van der Waals surface area contributed by atoms with E-state index in [9.17, 15) is 0 Å². The first-order valence-corrected chi connectivity index (χ1v) is 9.52. The number of rotatable bonds is 7. The van der Waals surface area contributed by atoms with Crippen molar-refractivity contribution in [3.05, 3.63) is 28.8 Å². The van der Waals surface area contributed by atoms with E-state index in [1.165, 1.54) is 0 Å². The molecule has 25 heavy (non-hydrogen) atoms. The van der Waals surface area contributed by atoms with E-state index < -0.39 is 0 Å². The number of morpholine rings is 1. The van der Waals surface area contributed by atoms with Crippen molar-refractivity contribution in [3.8, 4) is 5.75 Å². The van der Waals surface area contributed by atoms with Gasteiger partial charge in [-0.15, -0.1) is 0 Å². The zero-order chi connectivity index (χ0) is 18.4. The molecule has 0 aromatic heterocycles. The molecule has 1 aromatic carbocycles. The highest BCUT2D eigenvalue weighted by molar-refractivity contribution is 6.30. The van der Waals surface area contributed by atoms with E-state index in [0.717, 1.165) is 42.6 Å². The third-order valence-corrected chi connectivity index (χ3v) is 4.52. The van der Waals surface area contributed by atoms with Crippen molar-refractivity contribution >= 4 is 11.6 Å². The topological polar surface area (TPSA) is 30.9 Å². The number of benzene rings is 1. The Hall–Kier alpha value is -0.810. The first-order valence-electron chi connectivity index (χ1n) is 9.14. The quantitative estimate of drug-likeness (QED) is 0.676. The van der Waals surface area contributed by atoms with Gasteiger partial charge in [0.1, 0.15) is 12.4 Å². The zero-order valence-corrected chi connectivity index (χ0v) is 16.9. The highest BCUT2D eigenvalue weighted by atomic mass is 35.5. The maximum atomic E-state index is 6.13. The van der Waals surface area contributed by atoms with Crippen molar-refractivity contribution in [1.82, 2.24) is 4.90 Å². The number of nitrogens with zero attached hydrogens (tertiary/aromatic N) is 1. The Morgan fingerprint density at radius 3 is 2.44 bits per heavy atom. The van der Waals surface area contributed by atoms with E-state index in [0.29, 0.717) is 25.4 Å². The first kappa shape index (κ1) is 20.5. The van der Waals surface area contributed by atoms with Gasteiger partial charge in [-0.25, -0.2) is 0 Å². The fourth-order valence-corrected chi connectivity index (χ4v) is 3.36. The Kier molecular flexibility index (Phi) is 7.56. The maximum absolute atomic E-state index is 6.13. The molecule has 1 aromatic rings. The molecule has 0 spiro atoms. The lowest BCUT2D eigenvalue weighted by molar-refractivity contribution is -0.0734. The van der Waals surface area contributed by atoms with Crippen molar-refractivity contribution in [2.24, 2.45) is 0 Å². The molecular formula is C20H32ClNO3. The molecule has 1 saturated heterocycles. The second-order valence-electron chi connectivity index (χ2n) is 7.87.